The molecule has 0 aromatic carbocycles. The SMILES string of the molecule is Cc1nc(N)[nH+]cc1C(C)(C)C. The minimum absolute atomic E-state index is 0.126. The number of nitrogens with one attached hydrogen (secondary N) is 1. The second kappa shape index (κ2) is 2.73. The molecule has 3 N–H and O–H groups in total. The van der Waals surface area contributed by atoms with Gasteiger partial charge in [0.25, 0.3) is 0 Å². The fourth-order valence-electron chi connectivity index (χ4n) is 1.28. The van der Waals surface area contributed by atoms with Gasteiger partial charge in [0.1, 0.15) is 5.69 Å². The van der Waals surface area contributed by atoms with Gasteiger partial charge in [-0.25, -0.2) is 4.98 Å². The van der Waals surface area contributed by atoms with Gasteiger partial charge in [-0.15, -0.1) is 0 Å². The summed E-state index contributed by atoms with van der Waals surface area (Å²) >= 11 is 0. The number of aromatic amines is 1. The van der Waals surface area contributed by atoms with Gasteiger partial charge in [0.15, 0.2) is 0 Å². The van der Waals surface area contributed by atoms with Crippen molar-refractivity contribution in [3.05, 3.63) is 17.5 Å². The van der Waals surface area contributed by atoms with Gasteiger partial charge in [0, 0.05) is 5.56 Å². The van der Waals surface area contributed by atoms with Gasteiger partial charge in [-0.3, -0.25) is 5.73 Å². The Balaban J connectivity index is 3.19. The largest absolute Gasteiger partial charge is 0.387 e. The molecular weight excluding hydrogens is 150 g/mol. The second-order valence-corrected chi connectivity index (χ2v) is 4.03. The van der Waals surface area contributed by atoms with E-state index in [0.717, 1.165) is 5.69 Å². The van der Waals surface area contributed by atoms with Gasteiger partial charge in [0.05, 0.1) is 6.20 Å². The van der Waals surface area contributed by atoms with Gasteiger partial charge in [0.2, 0.25) is 0 Å². The van der Waals surface area contributed by atoms with Crippen molar-refractivity contribution in [2.75, 3.05) is 5.73 Å². The smallest absolute Gasteiger partial charge is 0.287 e. The Morgan fingerprint density at radius 3 is 2.42 bits per heavy atom. The first-order valence-corrected chi connectivity index (χ1v) is 4.06. The van der Waals surface area contributed by atoms with Crippen LogP contribution in [0.25, 0.3) is 0 Å². The summed E-state index contributed by atoms with van der Waals surface area (Å²) in [5.41, 5.74) is 7.83. The molecule has 3 heteroatoms. The Hall–Kier alpha value is -1.12. The number of nitrogens with two attached hydrogens (primary N) is 1. The van der Waals surface area contributed by atoms with E-state index in [1.54, 1.807) is 0 Å². The van der Waals surface area contributed by atoms with Crippen LogP contribution in [0.5, 0.6) is 0 Å². The Morgan fingerprint density at radius 2 is 2.00 bits per heavy atom. The third-order valence-electron chi connectivity index (χ3n) is 1.85. The molecule has 0 radical (unpaired) electrons. The summed E-state index contributed by atoms with van der Waals surface area (Å²) in [5.74, 6) is 0.473. The molecule has 0 aliphatic carbocycles. The zero-order valence-corrected chi connectivity index (χ0v) is 8.10. The number of hydrogen-bond donors (Lipinski definition) is 1. The molecule has 3 nitrogen and oxygen atoms in total. The van der Waals surface area contributed by atoms with Gasteiger partial charge in [-0.1, -0.05) is 25.8 Å². The third kappa shape index (κ3) is 1.72. The summed E-state index contributed by atoms with van der Waals surface area (Å²) in [6, 6.07) is 0. The Bertz CT molecular complexity index is 286. The molecule has 0 bridgehead atoms. The molecule has 0 aliphatic heterocycles. The number of nitrogen functional groups attached to an aromatic ring is 1. The lowest BCUT2D eigenvalue weighted by molar-refractivity contribution is -0.365. The molecule has 12 heavy (non-hydrogen) atoms. The number of nitrogens with zero attached hydrogens (tertiary/aromatic N) is 1. The third-order valence-corrected chi connectivity index (χ3v) is 1.85. The Morgan fingerprint density at radius 1 is 1.42 bits per heavy atom. The first-order chi connectivity index (χ1) is 5.41. The van der Waals surface area contributed by atoms with E-state index in [1.165, 1.54) is 5.56 Å². The summed E-state index contributed by atoms with van der Waals surface area (Å²) in [4.78, 5) is 7.08. The van der Waals surface area contributed by atoms with Crippen LogP contribution in [0.4, 0.5) is 5.95 Å². The van der Waals surface area contributed by atoms with Gasteiger partial charge >= 0.3 is 5.95 Å². The van der Waals surface area contributed by atoms with E-state index in [-0.39, 0.29) is 5.41 Å². The molecule has 1 aromatic heterocycles. The van der Waals surface area contributed by atoms with Crippen molar-refractivity contribution < 1.29 is 4.98 Å². The number of H-pyrrole nitrogens is 1. The van der Waals surface area contributed by atoms with E-state index in [0.29, 0.717) is 5.95 Å². The van der Waals surface area contributed by atoms with Crippen molar-refractivity contribution in [3.8, 4) is 0 Å². The maximum atomic E-state index is 5.50. The molecule has 0 unspecified atom stereocenters. The molecule has 0 atom stereocenters. The highest BCUT2D eigenvalue weighted by molar-refractivity contribution is 5.24. The summed E-state index contributed by atoms with van der Waals surface area (Å²) in [7, 11) is 0. The number of rotatable bonds is 0. The van der Waals surface area contributed by atoms with Crippen LogP contribution >= 0.6 is 0 Å². The normalized spacial score (nSPS) is 11.7. The molecule has 0 amide bonds. The van der Waals surface area contributed by atoms with Gasteiger partial charge in [-0.2, -0.15) is 0 Å². The van der Waals surface area contributed by atoms with Crippen molar-refractivity contribution in [1.82, 2.24) is 4.98 Å². The molecule has 0 fully saturated rings. The molecule has 0 saturated heterocycles. The highest BCUT2D eigenvalue weighted by atomic mass is 15.0. The minimum Gasteiger partial charge on any atom is -0.287 e. The minimum atomic E-state index is 0.126. The summed E-state index contributed by atoms with van der Waals surface area (Å²) < 4.78 is 0. The van der Waals surface area contributed by atoms with E-state index in [2.05, 4.69) is 30.7 Å². The number of aryl methyl sites for hydroxylation is 1. The van der Waals surface area contributed by atoms with E-state index >= 15 is 0 Å². The quantitative estimate of drug-likeness (QED) is 0.627. The molecule has 1 rings (SSSR count). The van der Waals surface area contributed by atoms with Crippen molar-refractivity contribution >= 4 is 5.95 Å². The van der Waals surface area contributed by atoms with Gasteiger partial charge < -0.3 is 0 Å². The van der Waals surface area contributed by atoms with Crippen LogP contribution in [0.3, 0.4) is 0 Å². The second-order valence-electron chi connectivity index (χ2n) is 4.03. The molecule has 1 aromatic rings. The number of hydrogen-bond acceptors (Lipinski definition) is 2. The van der Waals surface area contributed by atoms with Gasteiger partial charge in [-0.05, 0) is 12.3 Å². The lowest BCUT2D eigenvalue weighted by Gasteiger charge is -2.17. The molecular formula is C9H16N3+. The summed E-state index contributed by atoms with van der Waals surface area (Å²) in [5, 5.41) is 0. The summed E-state index contributed by atoms with van der Waals surface area (Å²) in [6.07, 6.45) is 1.93. The number of aromatic nitrogens is 2. The van der Waals surface area contributed by atoms with E-state index in [9.17, 15) is 0 Å². The predicted molar refractivity (Wildman–Crippen MR) is 48.6 cm³/mol. The highest BCUT2D eigenvalue weighted by Gasteiger charge is 2.19. The number of anilines is 1. The molecule has 0 spiro atoms. The van der Waals surface area contributed by atoms with Crippen molar-refractivity contribution in [2.24, 2.45) is 0 Å². The molecule has 1 heterocycles. The zero-order valence-electron chi connectivity index (χ0n) is 8.10. The van der Waals surface area contributed by atoms with E-state index in [1.807, 2.05) is 13.1 Å². The van der Waals surface area contributed by atoms with E-state index in [4.69, 9.17) is 5.73 Å². The first-order valence-electron chi connectivity index (χ1n) is 4.06. The standard InChI is InChI=1S/C9H15N3/c1-6-7(9(2,3)4)5-11-8(10)12-6/h5H,1-4H3,(H2,10,11,12)/p+1. The Kier molecular flexibility index (Phi) is 2.04. The lowest BCUT2D eigenvalue weighted by atomic mass is 9.87. The van der Waals surface area contributed by atoms with Crippen LogP contribution in [0.1, 0.15) is 32.0 Å². The maximum absolute atomic E-state index is 5.50. The van der Waals surface area contributed by atoms with Crippen LogP contribution in [0, 0.1) is 6.92 Å². The maximum Gasteiger partial charge on any atom is 0.387 e. The van der Waals surface area contributed by atoms with E-state index < -0.39 is 0 Å². The van der Waals surface area contributed by atoms with Crippen LogP contribution in [0.15, 0.2) is 6.20 Å². The highest BCUT2D eigenvalue weighted by Crippen LogP contribution is 2.22. The summed E-state index contributed by atoms with van der Waals surface area (Å²) in [6.45, 7) is 8.44. The average Bonchev–Trinajstić information content (AvgIpc) is 1.83. The van der Waals surface area contributed by atoms with Crippen LogP contribution in [0.2, 0.25) is 0 Å². The zero-order chi connectivity index (χ0) is 9.35. The monoisotopic (exact) mass is 166 g/mol. The fraction of sp³-hybridized carbons (Fsp3) is 0.556. The van der Waals surface area contributed by atoms with Crippen LogP contribution < -0.4 is 10.7 Å². The first kappa shape index (κ1) is 8.97. The van der Waals surface area contributed by atoms with Crippen molar-refractivity contribution in [2.45, 2.75) is 33.1 Å². The van der Waals surface area contributed by atoms with Crippen molar-refractivity contribution in [3.63, 3.8) is 0 Å². The fourth-order valence-corrected chi connectivity index (χ4v) is 1.28. The van der Waals surface area contributed by atoms with Crippen molar-refractivity contribution in [1.29, 1.82) is 0 Å². The lowest BCUT2D eigenvalue weighted by Crippen LogP contribution is -2.21. The van der Waals surface area contributed by atoms with Crippen LogP contribution in [-0.2, 0) is 5.41 Å². The Labute approximate surface area is 73.0 Å². The molecule has 66 valence electrons. The average molecular weight is 166 g/mol. The van der Waals surface area contributed by atoms with Crippen LogP contribution in [-0.4, -0.2) is 4.98 Å². The molecule has 0 saturated carbocycles. The molecule has 0 aliphatic rings. The topological polar surface area (TPSA) is 53.0 Å². The predicted octanol–water partition coefficient (Wildman–Crippen LogP) is 1.08.